The van der Waals surface area contributed by atoms with E-state index in [1.807, 2.05) is 13.8 Å². The van der Waals surface area contributed by atoms with E-state index in [1.165, 1.54) is 7.11 Å². The molecule has 2 atom stereocenters. The van der Waals surface area contributed by atoms with E-state index >= 15 is 0 Å². The molecule has 0 aromatic carbocycles. The first-order chi connectivity index (χ1) is 6.50. The molecule has 1 saturated heterocycles. The van der Waals surface area contributed by atoms with E-state index in [0.717, 1.165) is 6.42 Å². The fourth-order valence-electron chi connectivity index (χ4n) is 1.97. The Bertz CT molecular complexity index is 215. The van der Waals surface area contributed by atoms with E-state index in [1.54, 1.807) is 0 Å². The van der Waals surface area contributed by atoms with Crippen LogP contribution in [0.5, 0.6) is 0 Å². The number of hydrogen-bond acceptors (Lipinski definition) is 4. The van der Waals surface area contributed by atoms with Crippen molar-refractivity contribution in [2.45, 2.75) is 25.9 Å². The summed E-state index contributed by atoms with van der Waals surface area (Å²) in [5.74, 6) is -0.247. The Morgan fingerprint density at radius 1 is 1.71 bits per heavy atom. The summed E-state index contributed by atoms with van der Waals surface area (Å²) in [6.45, 7) is 4.98. The number of esters is 1. The molecule has 4 heteroatoms. The van der Waals surface area contributed by atoms with E-state index in [2.05, 4.69) is 0 Å². The quantitative estimate of drug-likeness (QED) is 0.677. The third-order valence-electron chi connectivity index (χ3n) is 2.77. The number of hydrogen-bond donors (Lipinski definition) is 1. The van der Waals surface area contributed by atoms with Crippen molar-refractivity contribution < 1.29 is 14.3 Å². The van der Waals surface area contributed by atoms with Crippen LogP contribution in [0.2, 0.25) is 0 Å². The number of ether oxygens (including phenoxy) is 2. The van der Waals surface area contributed by atoms with E-state index < -0.39 is 0 Å². The predicted molar refractivity (Wildman–Crippen MR) is 52.7 cm³/mol. The van der Waals surface area contributed by atoms with Crippen molar-refractivity contribution >= 4 is 5.97 Å². The summed E-state index contributed by atoms with van der Waals surface area (Å²) in [4.78, 5) is 11.4. The maximum absolute atomic E-state index is 11.4. The van der Waals surface area contributed by atoms with Crippen LogP contribution in [-0.4, -0.2) is 31.8 Å². The second-order valence-electron chi connectivity index (χ2n) is 4.40. The van der Waals surface area contributed by atoms with Crippen molar-refractivity contribution in [1.29, 1.82) is 0 Å². The standard InChI is InChI=1S/C10H19NO3/c1-10(2)4-7(6-14-10)8(5-11)9(12)13-3/h7-8H,4-6,11H2,1-3H3. The highest BCUT2D eigenvalue weighted by Crippen LogP contribution is 2.33. The third-order valence-corrected chi connectivity index (χ3v) is 2.77. The van der Waals surface area contributed by atoms with Gasteiger partial charge < -0.3 is 15.2 Å². The minimum absolute atomic E-state index is 0.133. The van der Waals surface area contributed by atoms with Gasteiger partial charge in [0.25, 0.3) is 0 Å². The monoisotopic (exact) mass is 201 g/mol. The first-order valence-electron chi connectivity index (χ1n) is 4.92. The van der Waals surface area contributed by atoms with E-state index in [9.17, 15) is 4.79 Å². The molecule has 4 nitrogen and oxygen atoms in total. The molecule has 1 aliphatic rings. The number of nitrogens with two attached hydrogens (primary N) is 1. The molecule has 14 heavy (non-hydrogen) atoms. The number of methoxy groups -OCH3 is 1. The highest BCUT2D eigenvalue weighted by atomic mass is 16.5. The fourth-order valence-corrected chi connectivity index (χ4v) is 1.97. The highest BCUT2D eigenvalue weighted by Gasteiger charge is 2.39. The van der Waals surface area contributed by atoms with Crippen LogP contribution in [0.25, 0.3) is 0 Å². The molecule has 0 spiro atoms. The molecule has 2 unspecified atom stereocenters. The Balaban J connectivity index is 2.59. The van der Waals surface area contributed by atoms with Crippen molar-refractivity contribution in [3.8, 4) is 0 Å². The largest absolute Gasteiger partial charge is 0.469 e. The molecule has 0 saturated carbocycles. The molecule has 1 heterocycles. The molecule has 0 bridgehead atoms. The molecule has 1 fully saturated rings. The second-order valence-corrected chi connectivity index (χ2v) is 4.40. The second kappa shape index (κ2) is 4.28. The first kappa shape index (κ1) is 11.5. The van der Waals surface area contributed by atoms with E-state index in [0.29, 0.717) is 13.2 Å². The molecule has 1 aliphatic heterocycles. The number of carbonyl (C=O) groups is 1. The lowest BCUT2D eigenvalue weighted by Gasteiger charge is -2.19. The van der Waals surface area contributed by atoms with Gasteiger partial charge in [0.05, 0.1) is 25.2 Å². The van der Waals surface area contributed by atoms with Gasteiger partial charge in [-0.3, -0.25) is 4.79 Å². The Labute approximate surface area is 84.7 Å². The Morgan fingerprint density at radius 2 is 2.36 bits per heavy atom. The van der Waals surface area contributed by atoms with Gasteiger partial charge in [-0.1, -0.05) is 0 Å². The van der Waals surface area contributed by atoms with Gasteiger partial charge >= 0.3 is 5.97 Å². The first-order valence-corrected chi connectivity index (χ1v) is 4.92. The maximum atomic E-state index is 11.4. The zero-order chi connectivity index (χ0) is 10.8. The topological polar surface area (TPSA) is 61.5 Å². The van der Waals surface area contributed by atoms with Gasteiger partial charge in [-0.15, -0.1) is 0 Å². The fraction of sp³-hybridized carbons (Fsp3) is 0.900. The van der Waals surface area contributed by atoms with Crippen molar-refractivity contribution in [2.24, 2.45) is 17.6 Å². The molecular formula is C10H19NO3. The molecule has 0 amide bonds. The lowest BCUT2D eigenvalue weighted by Crippen LogP contribution is -2.32. The predicted octanol–water partition coefficient (Wildman–Crippen LogP) is 0.549. The van der Waals surface area contributed by atoms with Gasteiger partial charge in [0.2, 0.25) is 0 Å². The normalized spacial score (nSPS) is 27.3. The summed E-state index contributed by atoms with van der Waals surface area (Å²) < 4.78 is 10.3. The van der Waals surface area contributed by atoms with Crippen molar-refractivity contribution in [1.82, 2.24) is 0 Å². The number of rotatable bonds is 3. The van der Waals surface area contributed by atoms with Crippen LogP contribution in [0.4, 0.5) is 0 Å². The Hall–Kier alpha value is -0.610. The molecule has 0 aromatic heterocycles. The zero-order valence-electron chi connectivity index (χ0n) is 9.08. The van der Waals surface area contributed by atoms with E-state index in [-0.39, 0.29) is 23.4 Å². The van der Waals surface area contributed by atoms with Crippen LogP contribution in [0.1, 0.15) is 20.3 Å². The maximum Gasteiger partial charge on any atom is 0.310 e. The van der Waals surface area contributed by atoms with Crippen molar-refractivity contribution in [3.63, 3.8) is 0 Å². The van der Waals surface area contributed by atoms with Crippen LogP contribution in [0.15, 0.2) is 0 Å². The van der Waals surface area contributed by atoms with Gasteiger partial charge in [-0.25, -0.2) is 0 Å². The molecular weight excluding hydrogens is 182 g/mol. The van der Waals surface area contributed by atoms with Crippen LogP contribution < -0.4 is 5.73 Å². The Kier molecular flexibility index (Phi) is 3.50. The van der Waals surface area contributed by atoms with Gasteiger partial charge in [-0.2, -0.15) is 0 Å². The van der Waals surface area contributed by atoms with Crippen molar-refractivity contribution in [3.05, 3.63) is 0 Å². The molecule has 1 rings (SSSR count). The lowest BCUT2D eigenvalue weighted by molar-refractivity contribution is -0.147. The Morgan fingerprint density at radius 3 is 2.71 bits per heavy atom. The minimum Gasteiger partial charge on any atom is -0.469 e. The summed E-state index contributed by atoms with van der Waals surface area (Å²) >= 11 is 0. The average molecular weight is 201 g/mol. The van der Waals surface area contributed by atoms with Gasteiger partial charge in [-0.05, 0) is 26.2 Å². The third kappa shape index (κ3) is 2.45. The average Bonchev–Trinajstić information content (AvgIpc) is 2.47. The summed E-state index contributed by atoms with van der Waals surface area (Å²) in [6, 6.07) is 0. The lowest BCUT2D eigenvalue weighted by atomic mass is 9.87. The van der Waals surface area contributed by atoms with Crippen molar-refractivity contribution in [2.75, 3.05) is 20.3 Å². The highest BCUT2D eigenvalue weighted by molar-refractivity contribution is 5.73. The SMILES string of the molecule is COC(=O)C(CN)C1COC(C)(C)C1. The minimum atomic E-state index is -0.223. The van der Waals surface area contributed by atoms with Gasteiger partial charge in [0, 0.05) is 6.54 Å². The van der Waals surface area contributed by atoms with Crippen LogP contribution in [0, 0.1) is 11.8 Å². The van der Waals surface area contributed by atoms with E-state index in [4.69, 9.17) is 15.2 Å². The summed E-state index contributed by atoms with van der Waals surface area (Å²) in [5, 5.41) is 0. The summed E-state index contributed by atoms with van der Waals surface area (Å²) in [5.41, 5.74) is 5.43. The zero-order valence-corrected chi connectivity index (χ0v) is 9.08. The number of carbonyl (C=O) groups excluding carboxylic acids is 1. The smallest absolute Gasteiger partial charge is 0.310 e. The van der Waals surface area contributed by atoms with Gasteiger partial charge in [0.1, 0.15) is 0 Å². The molecule has 0 aliphatic carbocycles. The molecule has 82 valence electrons. The molecule has 0 aromatic rings. The van der Waals surface area contributed by atoms with Crippen LogP contribution in [-0.2, 0) is 14.3 Å². The van der Waals surface area contributed by atoms with Crippen LogP contribution in [0.3, 0.4) is 0 Å². The van der Waals surface area contributed by atoms with Crippen LogP contribution >= 0.6 is 0 Å². The molecule has 0 radical (unpaired) electrons. The summed E-state index contributed by atoms with van der Waals surface area (Å²) in [6.07, 6.45) is 0.865. The van der Waals surface area contributed by atoms with Gasteiger partial charge in [0.15, 0.2) is 0 Å². The molecule has 2 N–H and O–H groups in total. The summed E-state index contributed by atoms with van der Waals surface area (Å²) in [7, 11) is 1.39.